The molecule has 1 heterocycles. The van der Waals surface area contributed by atoms with Crippen molar-refractivity contribution >= 4 is 17.7 Å². The summed E-state index contributed by atoms with van der Waals surface area (Å²) in [4.78, 5) is 13.1. The van der Waals surface area contributed by atoms with Crippen LogP contribution in [0.25, 0.3) is 0 Å². The van der Waals surface area contributed by atoms with Crippen LogP contribution < -0.4 is 5.32 Å². The second kappa shape index (κ2) is 6.16. The van der Waals surface area contributed by atoms with Crippen LogP contribution in [0.5, 0.6) is 0 Å². The fourth-order valence-electron chi connectivity index (χ4n) is 1.40. The number of hydrogen-bond donors (Lipinski definition) is 1. The topological polar surface area (TPSA) is 66.0 Å². The van der Waals surface area contributed by atoms with Crippen molar-refractivity contribution in [1.29, 1.82) is 5.26 Å². The number of hydrogen-bond acceptors (Lipinski definition) is 4. The van der Waals surface area contributed by atoms with Crippen LogP contribution in [0.2, 0.25) is 0 Å². The van der Waals surface area contributed by atoms with E-state index in [0.29, 0.717) is 0 Å². The summed E-state index contributed by atoms with van der Waals surface area (Å²) in [5, 5.41) is 11.7. The molecule has 0 aliphatic carbocycles. The minimum absolute atomic E-state index is 0.0503. The number of rotatable bonds is 5. The van der Waals surface area contributed by atoms with Crippen molar-refractivity contribution in [3.63, 3.8) is 0 Å². The Morgan fingerprint density at radius 1 is 1.53 bits per heavy atom. The van der Waals surface area contributed by atoms with E-state index in [1.165, 1.54) is 11.8 Å². The molecule has 5 heteroatoms. The smallest absolute Gasteiger partial charge is 0.234 e. The van der Waals surface area contributed by atoms with Crippen LogP contribution in [-0.4, -0.2) is 16.7 Å². The van der Waals surface area contributed by atoms with Crippen LogP contribution in [0.4, 0.5) is 0 Å². The lowest BCUT2D eigenvalue weighted by molar-refractivity contribution is -0.121. The third kappa shape index (κ3) is 3.77. The van der Waals surface area contributed by atoms with Gasteiger partial charge in [0.1, 0.15) is 11.3 Å². The Balaban J connectivity index is 2.69. The molecule has 0 aliphatic heterocycles. The number of amides is 1. The van der Waals surface area contributed by atoms with Crippen LogP contribution in [-0.2, 0) is 4.79 Å². The first kappa shape index (κ1) is 15.6. The van der Waals surface area contributed by atoms with Gasteiger partial charge in [0, 0.05) is 4.90 Å². The maximum Gasteiger partial charge on any atom is 0.234 e. The molecule has 4 nitrogen and oxygen atoms in total. The molecular formula is C14H20N2O2S. The first-order chi connectivity index (χ1) is 8.80. The molecule has 0 saturated carbocycles. The Morgan fingerprint density at radius 2 is 2.16 bits per heavy atom. The SMILES string of the molecule is Cc1occc1S[C@@H](C)C(=O)N[C@@](C)(C#N)C(C)C. The zero-order chi connectivity index (χ0) is 14.6. The summed E-state index contributed by atoms with van der Waals surface area (Å²) in [6.45, 7) is 9.27. The minimum Gasteiger partial charge on any atom is -0.468 e. The molecule has 0 fully saturated rings. The van der Waals surface area contributed by atoms with Gasteiger partial charge in [0.25, 0.3) is 0 Å². The van der Waals surface area contributed by atoms with E-state index in [1.54, 1.807) is 13.2 Å². The molecule has 0 spiro atoms. The van der Waals surface area contributed by atoms with Gasteiger partial charge >= 0.3 is 0 Å². The minimum atomic E-state index is -0.836. The van der Waals surface area contributed by atoms with Gasteiger partial charge in [-0.1, -0.05) is 13.8 Å². The fraction of sp³-hybridized carbons (Fsp3) is 0.571. The van der Waals surface area contributed by atoms with Crippen molar-refractivity contribution in [2.75, 3.05) is 0 Å². The fourth-order valence-corrected chi connectivity index (χ4v) is 2.29. The average Bonchev–Trinajstić information content (AvgIpc) is 2.74. The highest BCUT2D eigenvalue weighted by Crippen LogP contribution is 2.28. The van der Waals surface area contributed by atoms with Gasteiger partial charge in [-0.05, 0) is 32.8 Å². The van der Waals surface area contributed by atoms with Gasteiger partial charge in [-0.2, -0.15) is 5.26 Å². The first-order valence-corrected chi connectivity index (χ1v) is 7.12. The second-order valence-electron chi connectivity index (χ2n) is 5.06. The normalized spacial score (nSPS) is 15.6. The van der Waals surface area contributed by atoms with Crippen molar-refractivity contribution in [3.05, 3.63) is 18.1 Å². The Hall–Kier alpha value is -1.41. The van der Waals surface area contributed by atoms with E-state index in [0.717, 1.165) is 10.7 Å². The van der Waals surface area contributed by atoms with Crippen LogP contribution in [0.1, 0.15) is 33.5 Å². The summed E-state index contributed by atoms with van der Waals surface area (Å²) in [5.41, 5.74) is -0.836. The van der Waals surface area contributed by atoms with Crippen molar-refractivity contribution in [3.8, 4) is 6.07 Å². The van der Waals surface area contributed by atoms with E-state index in [1.807, 2.05) is 33.8 Å². The van der Waals surface area contributed by atoms with Gasteiger partial charge in [0.15, 0.2) is 0 Å². The number of carbonyl (C=O) groups excluding carboxylic acids is 1. The van der Waals surface area contributed by atoms with E-state index in [2.05, 4.69) is 11.4 Å². The highest BCUT2D eigenvalue weighted by atomic mass is 32.2. The number of aryl methyl sites for hydroxylation is 1. The molecule has 0 aromatic carbocycles. The summed E-state index contributed by atoms with van der Waals surface area (Å²) >= 11 is 1.43. The Bertz CT molecular complexity index is 490. The number of carbonyl (C=O) groups is 1. The average molecular weight is 280 g/mol. The molecule has 19 heavy (non-hydrogen) atoms. The van der Waals surface area contributed by atoms with E-state index in [9.17, 15) is 10.1 Å². The Labute approximate surface area is 118 Å². The summed E-state index contributed by atoms with van der Waals surface area (Å²) < 4.78 is 5.20. The third-order valence-corrected chi connectivity index (χ3v) is 4.50. The molecule has 0 bridgehead atoms. The lowest BCUT2D eigenvalue weighted by atomic mass is 9.90. The molecule has 2 atom stereocenters. The molecule has 0 aliphatic rings. The molecule has 1 amide bonds. The van der Waals surface area contributed by atoms with Crippen molar-refractivity contribution in [1.82, 2.24) is 5.32 Å². The molecule has 1 N–H and O–H groups in total. The van der Waals surface area contributed by atoms with Crippen molar-refractivity contribution in [2.45, 2.75) is 50.3 Å². The van der Waals surface area contributed by atoms with Gasteiger partial charge in [0.2, 0.25) is 5.91 Å². The molecule has 1 aromatic rings. The van der Waals surface area contributed by atoms with Gasteiger partial charge in [-0.15, -0.1) is 11.8 Å². The molecule has 0 radical (unpaired) electrons. The summed E-state index contributed by atoms with van der Waals surface area (Å²) in [6, 6.07) is 4.02. The highest BCUT2D eigenvalue weighted by molar-refractivity contribution is 8.00. The van der Waals surface area contributed by atoms with Gasteiger partial charge in [-0.25, -0.2) is 0 Å². The lowest BCUT2D eigenvalue weighted by Crippen LogP contribution is -2.51. The van der Waals surface area contributed by atoms with Crippen LogP contribution in [0.15, 0.2) is 21.6 Å². The Kier molecular flexibility index (Phi) is 5.07. The lowest BCUT2D eigenvalue weighted by Gasteiger charge is -2.28. The first-order valence-electron chi connectivity index (χ1n) is 6.24. The number of nitriles is 1. The van der Waals surface area contributed by atoms with Crippen LogP contribution >= 0.6 is 11.8 Å². The zero-order valence-electron chi connectivity index (χ0n) is 12.0. The number of nitrogens with one attached hydrogen (secondary N) is 1. The van der Waals surface area contributed by atoms with Crippen LogP contribution in [0.3, 0.4) is 0 Å². The van der Waals surface area contributed by atoms with Crippen LogP contribution in [0, 0.1) is 24.2 Å². The molecule has 0 saturated heterocycles. The number of nitrogens with zero attached hydrogens (tertiary/aromatic N) is 1. The largest absolute Gasteiger partial charge is 0.468 e. The molecule has 0 unspecified atom stereocenters. The van der Waals surface area contributed by atoms with Gasteiger partial charge < -0.3 is 9.73 Å². The molecule has 1 rings (SSSR count). The van der Waals surface area contributed by atoms with Crippen molar-refractivity contribution in [2.24, 2.45) is 5.92 Å². The molecular weight excluding hydrogens is 260 g/mol. The van der Waals surface area contributed by atoms with E-state index in [4.69, 9.17) is 4.42 Å². The van der Waals surface area contributed by atoms with Crippen molar-refractivity contribution < 1.29 is 9.21 Å². The van der Waals surface area contributed by atoms with E-state index in [-0.39, 0.29) is 17.1 Å². The Morgan fingerprint density at radius 3 is 2.58 bits per heavy atom. The standard InChI is InChI=1S/C14H20N2O2S/c1-9(2)14(5,8-15)16-13(17)11(4)19-12-6-7-18-10(12)3/h6-7,9,11H,1-5H3,(H,16,17)/t11-,14-/m0/s1. The van der Waals surface area contributed by atoms with Gasteiger partial charge in [-0.3, -0.25) is 4.79 Å². The van der Waals surface area contributed by atoms with Gasteiger partial charge in [0.05, 0.1) is 17.6 Å². The molecule has 1 aromatic heterocycles. The highest BCUT2D eigenvalue weighted by Gasteiger charge is 2.31. The maximum absolute atomic E-state index is 12.1. The van der Waals surface area contributed by atoms with E-state index >= 15 is 0 Å². The maximum atomic E-state index is 12.1. The second-order valence-corrected chi connectivity index (χ2v) is 6.44. The number of furan rings is 1. The third-order valence-electron chi connectivity index (χ3n) is 3.25. The number of thioether (sulfide) groups is 1. The monoisotopic (exact) mass is 280 g/mol. The summed E-state index contributed by atoms with van der Waals surface area (Å²) in [7, 11) is 0. The zero-order valence-corrected chi connectivity index (χ0v) is 12.8. The van der Waals surface area contributed by atoms with E-state index < -0.39 is 5.54 Å². The summed E-state index contributed by atoms with van der Waals surface area (Å²) in [6.07, 6.45) is 1.61. The predicted octanol–water partition coefficient (Wildman–Crippen LogP) is 3.12. The quantitative estimate of drug-likeness (QED) is 0.842. The predicted molar refractivity (Wildman–Crippen MR) is 75.8 cm³/mol. The summed E-state index contributed by atoms with van der Waals surface area (Å²) in [5.74, 6) is 0.717. The molecule has 104 valence electrons.